The van der Waals surface area contributed by atoms with E-state index in [4.69, 9.17) is 16.3 Å². The van der Waals surface area contributed by atoms with Gasteiger partial charge in [0.1, 0.15) is 0 Å². The number of carbonyl (C=O) groups is 2. The first-order valence-electron chi connectivity index (χ1n) is 8.04. The number of anilines is 1. The molecule has 0 saturated carbocycles. The van der Waals surface area contributed by atoms with Crippen molar-refractivity contribution in [3.05, 3.63) is 39.9 Å². The number of esters is 1. The molecule has 1 amide bonds. The van der Waals surface area contributed by atoms with Crippen LogP contribution in [0.4, 0.5) is 18.9 Å². The molecule has 0 saturated heterocycles. The molecule has 0 radical (unpaired) electrons. The molecule has 28 heavy (non-hydrogen) atoms. The van der Waals surface area contributed by atoms with Crippen LogP contribution < -0.4 is 5.32 Å². The molecule has 0 spiro atoms. The Hall–Kier alpha value is -1.78. The average molecular weight is 453 g/mol. The average Bonchev–Trinajstić information content (AvgIpc) is 3.02. The smallest absolute Gasteiger partial charge is 0.418 e. The highest BCUT2D eigenvalue weighted by molar-refractivity contribution is 8.02. The van der Waals surface area contributed by atoms with Crippen LogP contribution in [0.25, 0.3) is 0 Å². The summed E-state index contributed by atoms with van der Waals surface area (Å²) in [6.07, 6.45) is -4.63. The molecule has 0 aliphatic rings. The molecule has 1 aromatic heterocycles. The number of aromatic nitrogens is 1. The van der Waals surface area contributed by atoms with Crippen molar-refractivity contribution in [1.29, 1.82) is 0 Å². The molecule has 1 N–H and O–H groups in total. The summed E-state index contributed by atoms with van der Waals surface area (Å²) in [5.74, 6) is -1.02. The van der Waals surface area contributed by atoms with Crippen molar-refractivity contribution >= 4 is 52.3 Å². The van der Waals surface area contributed by atoms with Gasteiger partial charge in [-0.15, -0.1) is 11.3 Å². The number of rotatable bonds is 7. The monoisotopic (exact) mass is 452 g/mol. The van der Waals surface area contributed by atoms with Crippen LogP contribution in [0, 0.1) is 0 Å². The first-order valence-corrected chi connectivity index (χ1v) is 10.2. The number of thioether (sulfide) groups is 1. The summed E-state index contributed by atoms with van der Waals surface area (Å²) in [5.41, 5.74) is -0.872. The predicted octanol–water partition coefficient (Wildman–Crippen LogP) is 5.04. The fraction of sp³-hybridized carbons (Fsp3) is 0.353. The minimum atomic E-state index is -4.65. The predicted molar refractivity (Wildman–Crippen MR) is 103 cm³/mol. The molecule has 1 unspecified atom stereocenters. The molecule has 0 aliphatic carbocycles. The Morgan fingerprint density at radius 1 is 1.39 bits per heavy atom. The van der Waals surface area contributed by atoms with Crippen LogP contribution in [0.2, 0.25) is 5.02 Å². The van der Waals surface area contributed by atoms with Gasteiger partial charge >= 0.3 is 12.1 Å². The molecule has 0 aliphatic heterocycles. The number of thiazole rings is 1. The molecule has 2 rings (SSSR count). The van der Waals surface area contributed by atoms with Crippen molar-refractivity contribution in [3.8, 4) is 0 Å². The van der Waals surface area contributed by atoms with Crippen molar-refractivity contribution in [1.82, 2.24) is 4.98 Å². The van der Waals surface area contributed by atoms with E-state index in [1.54, 1.807) is 19.2 Å². The maximum atomic E-state index is 13.1. The number of benzene rings is 1. The largest absolute Gasteiger partial charge is 0.466 e. The first-order chi connectivity index (χ1) is 13.1. The zero-order chi connectivity index (χ0) is 20.9. The highest BCUT2D eigenvalue weighted by atomic mass is 35.5. The zero-order valence-corrected chi connectivity index (χ0v) is 17.2. The lowest BCUT2D eigenvalue weighted by Gasteiger charge is -2.16. The fourth-order valence-corrected chi connectivity index (χ4v) is 4.24. The lowest BCUT2D eigenvalue weighted by molar-refractivity contribution is -0.142. The fourth-order valence-electron chi connectivity index (χ4n) is 2.08. The summed E-state index contributed by atoms with van der Waals surface area (Å²) in [6.45, 7) is 3.52. The van der Waals surface area contributed by atoms with Gasteiger partial charge in [-0.1, -0.05) is 23.4 Å². The van der Waals surface area contributed by atoms with Gasteiger partial charge < -0.3 is 10.1 Å². The molecule has 2 aromatic rings. The molecular weight excluding hydrogens is 437 g/mol. The first kappa shape index (κ1) is 22.5. The third-order valence-corrected chi connectivity index (χ3v) is 5.71. The van der Waals surface area contributed by atoms with Crippen LogP contribution in [-0.4, -0.2) is 28.7 Å². The van der Waals surface area contributed by atoms with Crippen LogP contribution in [0.15, 0.2) is 27.9 Å². The normalized spacial score (nSPS) is 12.5. The molecule has 152 valence electrons. The summed E-state index contributed by atoms with van der Waals surface area (Å²) >= 11 is 7.95. The topological polar surface area (TPSA) is 68.3 Å². The van der Waals surface area contributed by atoms with E-state index in [2.05, 4.69) is 10.3 Å². The van der Waals surface area contributed by atoms with E-state index in [0.29, 0.717) is 10.0 Å². The highest BCUT2D eigenvalue weighted by Gasteiger charge is 2.34. The molecule has 11 heteroatoms. The Kier molecular flexibility index (Phi) is 7.73. The Bertz CT molecular complexity index is 858. The van der Waals surface area contributed by atoms with Gasteiger partial charge in [0.2, 0.25) is 5.91 Å². The third-order valence-electron chi connectivity index (χ3n) is 3.35. The molecule has 0 fully saturated rings. The van der Waals surface area contributed by atoms with Crippen LogP contribution in [0.5, 0.6) is 0 Å². The summed E-state index contributed by atoms with van der Waals surface area (Å²) in [6, 6.07) is 3.14. The van der Waals surface area contributed by atoms with Gasteiger partial charge in [-0.2, -0.15) is 13.2 Å². The van der Waals surface area contributed by atoms with Crippen LogP contribution in [0.1, 0.15) is 25.1 Å². The van der Waals surface area contributed by atoms with Gasteiger partial charge in [-0.05, 0) is 32.0 Å². The number of alkyl halides is 3. The zero-order valence-electron chi connectivity index (χ0n) is 14.8. The highest BCUT2D eigenvalue weighted by Crippen LogP contribution is 2.37. The second kappa shape index (κ2) is 9.62. The number of amides is 1. The van der Waals surface area contributed by atoms with Gasteiger partial charge in [0.15, 0.2) is 4.34 Å². The standard InChI is InChI=1S/C17H16ClF3N2O3S2/c1-3-26-14(24)7-11-8-27-16(22-11)28-9(2)15(25)23-13-5-4-10(18)6-12(13)17(19,20)21/h4-6,8-9H,3,7H2,1-2H3,(H,23,25). The molecule has 1 heterocycles. The van der Waals surface area contributed by atoms with Crippen molar-refractivity contribution in [2.24, 2.45) is 0 Å². The van der Waals surface area contributed by atoms with E-state index in [9.17, 15) is 22.8 Å². The SMILES string of the molecule is CCOC(=O)Cc1csc(SC(C)C(=O)Nc2ccc(Cl)cc2C(F)(F)F)n1. The van der Waals surface area contributed by atoms with Crippen molar-refractivity contribution in [2.75, 3.05) is 11.9 Å². The van der Waals surface area contributed by atoms with Gasteiger partial charge in [-0.25, -0.2) is 4.98 Å². The minimum absolute atomic E-state index is 0.0190. The molecule has 5 nitrogen and oxygen atoms in total. The number of nitrogens with zero attached hydrogens (tertiary/aromatic N) is 1. The van der Waals surface area contributed by atoms with E-state index in [-0.39, 0.29) is 23.7 Å². The van der Waals surface area contributed by atoms with Gasteiger partial charge in [0, 0.05) is 10.4 Å². The van der Waals surface area contributed by atoms with Crippen LogP contribution >= 0.6 is 34.7 Å². The molecule has 1 atom stereocenters. The van der Waals surface area contributed by atoms with Crippen LogP contribution in [-0.2, 0) is 26.9 Å². The lowest BCUT2D eigenvalue weighted by atomic mass is 10.1. The van der Waals surface area contributed by atoms with E-state index in [1.165, 1.54) is 17.4 Å². The van der Waals surface area contributed by atoms with Crippen molar-refractivity contribution in [3.63, 3.8) is 0 Å². The molecule has 0 bridgehead atoms. The number of hydrogen-bond acceptors (Lipinski definition) is 6. The summed E-state index contributed by atoms with van der Waals surface area (Å²) in [5, 5.41) is 3.17. The quantitative estimate of drug-likeness (QED) is 0.471. The lowest BCUT2D eigenvalue weighted by Crippen LogP contribution is -2.24. The number of hydrogen-bond donors (Lipinski definition) is 1. The van der Waals surface area contributed by atoms with Crippen LogP contribution in [0.3, 0.4) is 0 Å². The third kappa shape index (κ3) is 6.39. The Morgan fingerprint density at radius 2 is 2.11 bits per heavy atom. The summed E-state index contributed by atoms with van der Waals surface area (Å²) < 4.78 is 44.7. The molecular formula is C17H16ClF3N2O3S2. The number of carbonyl (C=O) groups excluding carboxylic acids is 2. The summed E-state index contributed by atoms with van der Waals surface area (Å²) in [4.78, 5) is 28.0. The number of halogens is 4. The number of ether oxygens (including phenoxy) is 1. The van der Waals surface area contributed by atoms with E-state index in [0.717, 1.165) is 23.9 Å². The van der Waals surface area contributed by atoms with E-state index >= 15 is 0 Å². The maximum absolute atomic E-state index is 13.1. The Balaban J connectivity index is 2.03. The van der Waals surface area contributed by atoms with Gasteiger partial charge in [-0.3, -0.25) is 9.59 Å². The Labute approximate surface area is 172 Å². The van der Waals surface area contributed by atoms with Crippen molar-refractivity contribution in [2.45, 2.75) is 36.0 Å². The second-order valence-electron chi connectivity index (χ2n) is 5.52. The Morgan fingerprint density at radius 3 is 2.75 bits per heavy atom. The number of nitrogens with one attached hydrogen (secondary N) is 1. The van der Waals surface area contributed by atoms with E-state index < -0.39 is 28.9 Å². The minimum Gasteiger partial charge on any atom is -0.466 e. The van der Waals surface area contributed by atoms with E-state index in [1.807, 2.05) is 0 Å². The van der Waals surface area contributed by atoms with Gasteiger partial charge in [0.05, 0.1) is 35.2 Å². The summed E-state index contributed by atoms with van der Waals surface area (Å²) in [7, 11) is 0. The van der Waals surface area contributed by atoms with Gasteiger partial charge in [0.25, 0.3) is 0 Å². The van der Waals surface area contributed by atoms with Crippen molar-refractivity contribution < 1.29 is 27.5 Å². The maximum Gasteiger partial charge on any atom is 0.418 e. The second-order valence-corrected chi connectivity index (χ2v) is 8.41. The molecule has 1 aromatic carbocycles.